The standard InChI is InChI=1S/C28H39Cl2N3O4S/c1-8-25(27(35)31-28(4,5)6)32(18-21-12-14-23(29)24(30)17-21)26(34)10-9-15-33(38(7,36)37)22-13-11-19(2)20(3)16-22/h11-14,16-17,25H,8-10,15,18H2,1-7H3,(H,31,35)/t25-/m0/s1. The Labute approximate surface area is 237 Å². The van der Waals surface area contributed by atoms with Crippen LogP contribution in [0.4, 0.5) is 5.69 Å². The maximum Gasteiger partial charge on any atom is 0.243 e. The van der Waals surface area contributed by atoms with Gasteiger partial charge in [0, 0.05) is 25.0 Å². The number of carbonyl (C=O) groups excluding carboxylic acids is 2. The summed E-state index contributed by atoms with van der Waals surface area (Å²) >= 11 is 12.3. The highest BCUT2D eigenvalue weighted by Gasteiger charge is 2.31. The Kier molecular flexibility index (Phi) is 11.1. The third-order valence-electron chi connectivity index (χ3n) is 6.15. The van der Waals surface area contributed by atoms with Crippen LogP contribution in [0.25, 0.3) is 0 Å². The molecule has 10 heteroatoms. The van der Waals surface area contributed by atoms with Gasteiger partial charge in [-0.2, -0.15) is 0 Å². The van der Waals surface area contributed by atoms with E-state index < -0.39 is 21.6 Å². The number of anilines is 1. The Morgan fingerprint density at radius 1 is 1.00 bits per heavy atom. The highest BCUT2D eigenvalue weighted by Crippen LogP contribution is 2.25. The van der Waals surface area contributed by atoms with Gasteiger partial charge in [0.15, 0.2) is 0 Å². The van der Waals surface area contributed by atoms with Gasteiger partial charge in [0.25, 0.3) is 0 Å². The molecular formula is C28H39Cl2N3O4S. The predicted octanol–water partition coefficient (Wildman–Crippen LogP) is 5.88. The lowest BCUT2D eigenvalue weighted by Gasteiger charge is -2.33. The van der Waals surface area contributed by atoms with Crippen LogP contribution in [0.15, 0.2) is 36.4 Å². The lowest BCUT2D eigenvalue weighted by Crippen LogP contribution is -2.53. The number of hydrogen-bond donors (Lipinski definition) is 1. The highest BCUT2D eigenvalue weighted by atomic mass is 35.5. The van der Waals surface area contributed by atoms with Crippen LogP contribution < -0.4 is 9.62 Å². The largest absolute Gasteiger partial charge is 0.350 e. The number of nitrogens with zero attached hydrogens (tertiary/aromatic N) is 2. The Morgan fingerprint density at radius 2 is 1.66 bits per heavy atom. The summed E-state index contributed by atoms with van der Waals surface area (Å²) in [6, 6.07) is 9.89. The quantitative estimate of drug-likeness (QED) is 0.358. The van der Waals surface area contributed by atoms with Gasteiger partial charge in [0.05, 0.1) is 22.0 Å². The first-order chi connectivity index (χ1) is 17.5. The zero-order valence-corrected chi connectivity index (χ0v) is 25.6. The maximum absolute atomic E-state index is 13.6. The average molecular weight is 585 g/mol. The Bertz CT molecular complexity index is 1260. The van der Waals surface area contributed by atoms with Crippen LogP contribution >= 0.6 is 23.2 Å². The van der Waals surface area contributed by atoms with Gasteiger partial charge in [0.1, 0.15) is 6.04 Å². The van der Waals surface area contributed by atoms with Gasteiger partial charge in [0.2, 0.25) is 21.8 Å². The molecule has 210 valence electrons. The summed E-state index contributed by atoms with van der Waals surface area (Å²) in [5.41, 5.74) is 2.88. The van der Waals surface area contributed by atoms with E-state index in [2.05, 4.69) is 5.32 Å². The number of sulfonamides is 1. The van der Waals surface area contributed by atoms with E-state index in [4.69, 9.17) is 23.2 Å². The number of benzene rings is 2. The molecule has 1 N–H and O–H groups in total. The molecule has 0 aromatic heterocycles. The monoisotopic (exact) mass is 583 g/mol. The van der Waals surface area contributed by atoms with Gasteiger partial charge >= 0.3 is 0 Å². The minimum absolute atomic E-state index is 0.0669. The van der Waals surface area contributed by atoms with Crippen molar-refractivity contribution in [1.29, 1.82) is 0 Å². The van der Waals surface area contributed by atoms with Crippen molar-refractivity contribution >= 4 is 50.7 Å². The van der Waals surface area contributed by atoms with Gasteiger partial charge in [-0.1, -0.05) is 42.3 Å². The molecule has 0 heterocycles. The van der Waals surface area contributed by atoms with Crippen molar-refractivity contribution in [2.45, 2.75) is 78.9 Å². The van der Waals surface area contributed by atoms with Gasteiger partial charge in [-0.05, 0) is 88.4 Å². The second-order valence-electron chi connectivity index (χ2n) is 10.6. The first-order valence-electron chi connectivity index (χ1n) is 12.6. The van der Waals surface area contributed by atoms with Gasteiger partial charge in [-0.15, -0.1) is 0 Å². The summed E-state index contributed by atoms with van der Waals surface area (Å²) in [4.78, 5) is 28.3. The molecule has 0 radical (unpaired) electrons. The molecule has 0 unspecified atom stereocenters. The molecule has 0 aliphatic rings. The average Bonchev–Trinajstić information content (AvgIpc) is 2.78. The number of carbonyl (C=O) groups is 2. The summed E-state index contributed by atoms with van der Waals surface area (Å²) in [5, 5.41) is 3.73. The Morgan fingerprint density at radius 3 is 2.18 bits per heavy atom. The number of nitrogens with one attached hydrogen (secondary N) is 1. The second kappa shape index (κ2) is 13.2. The van der Waals surface area contributed by atoms with Gasteiger partial charge in [-0.3, -0.25) is 13.9 Å². The Balaban J connectivity index is 2.28. The van der Waals surface area contributed by atoms with Crippen LogP contribution in [0.5, 0.6) is 0 Å². The maximum atomic E-state index is 13.6. The van der Waals surface area contributed by atoms with Gasteiger partial charge in [-0.25, -0.2) is 8.42 Å². The minimum atomic E-state index is -3.56. The third-order valence-corrected chi connectivity index (χ3v) is 8.08. The van der Waals surface area contributed by atoms with Crippen LogP contribution in [0, 0.1) is 13.8 Å². The summed E-state index contributed by atoms with van der Waals surface area (Å²) in [6.07, 6.45) is 1.92. The number of halogens is 2. The molecule has 2 rings (SSSR count). The molecule has 0 saturated heterocycles. The lowest BCUT2D eigenvalue weighted by molar-refractivity contribution is -0.142. The molecule has 0 spiro atoms. The fourth-order valence-electron chi connectivity index (χ4n) is 4.09. The second-order valence-corrected chi connectivity index (χ2v) is 13.4. The molecule has 0 bridgehead atoms. The number of amides is 2. The van der Waals surface area contributed by atoms with Crippen LogP contribution in [0.2, 0.25) is 10.0 Å². The van der Waals surface area contributed by atoms with E-state index in [1.165, 1.54) is 4.31 Å². The van der Waals surface area contributed by atoms with E-state index in [9.17, 15) is 18.0 Å². The van der Waals surface area contributed by atoms with Crippen LogP contribution in [0.3, 0.4) is 0 Å². The molecule has 2 aromatic rings. The summed E-state index contributed by atoms with van der Waals surface area (Å²) in [6.45, 7) is 11.7. The molecule has 1 atom stereocenters. The number of rotatable bonds is 11. The van der Waals surface area contributed by atoms with Crippen molar-refractivity contribution < 1.29 is 18.0 Å². The smallest absolute Gasteiger partial charge is 0.243 e. The van der Waals surface area contributed by atoms with Crippen molar-refractivity contribution in [3.8, 4) is 0 Å². The molecule has 2 aromatic carbocycles. The normalized spacial score (nSPS) is 12.7. The number of hydrogen-bond acceptors (Lipinski definition) is 4. The first-order valence-corrected chi connectivity index (χ1v) is 15.2. The molecule has 0 saturated carbocycles. The van der Waals surface area contributed by atoms with E-state index >= 15 is 0 Å². The van der Waals surface area contributed by atoms with Crippen LogP contribution in [-0.2, 0) is 26.2 Å². The molecule has 2 amide bonds. The summed E-state index contributed by atoms with van der Waals surface area (Å²) in [5.74, 6) is -0.498. The molecule has 0 fully saturated rings. The van der Waals surface area contributed by atoms with Crippen LogP contribution in [0.1, 0.15) is 63.6 Å². The van der Waals surface area contributed by atoms with E-state index in [0.717, 1.165) is 22.9 Å². The van der Waals surface area contributed by atoms with E-state index in [1.54, 1.807) is 29.2 Å². The predicted molar refractivity (Wildman–Crippen MR) is 156 cm³/mol. The van der Waals surface area contributed by atoms with Gasteiger partial charge < -0.3 is 10.2 Å². The first kappa shape index (κ1) is 31.9. The lowest BCUT2D eigenvalue weighted by atomic mass is 10.0. The zero-order chi connectivity index (χ0) is 28.8. The van der Waals surface area contributed by atoms with Crippen LogP contribution in [-0.4, -0.2) is 49.5 Å². The van der Waals surface area contributed by atoms with Crippen molar-refractivity contribution in [1.82, 2.24) is 10.2 Å². The zero-order valence-electron chi connectivity index (χ0n) is 23.3. The number of aryl methyl sites for hydroxylation is 2. The molecule has 7 nitrogen and oxygen atoms in total. The SMILES string of the molecule is CC[C@@H](C(=O)NC(C)(C)C)N(Cc1ccc(Cl)c(Cl)c1)C(=O)CCCN(c1ccc(C)c(C)c1)S(C)(=O)=O. The minimum Gasteiger partial charge on any atom is -0.350 e. The van der Waals surface area contributed by atoms with Crippen molar-refractivity contribution in [3.63, 3.8) is 0 Å². The molecule has 0 aliphatic carbocycles. The molecule has 0 aliphatic heterocycles. The fraction of sp³-hybridized carbons (Fsp3) is 0.500. The molecule has 38 heavy (non-hydrogen) atoms. The van der Waals surface area contributed by atoms with Crippen molar-refractivity contribution in [3.05, 3.63) is 63.1 Å². The summed E-state index contributed by atoms with van der Waals surface area (Å²) in [7, 11) is -3.56. The highest BCUT2D eigenvalue weighted by molar-refractivity contribution is 7.92. The van der Waals surface area contributed by atoms with Crippen molar-refractivity contribution in [2.75, 3.05) is 17.1 Å². The van der Waals surface area contributed by atoms with E-state index in [0.29, 0.717) is 22.2 Å². The van der Waals surface area contributed by atoms with Crippen molar-refractivity contribution in [2.24, 2.45) is 0 Å². The summed E-state index contributed by atoms with van der Waals surface area (Å²) < 4.78 is 26.5. The van der Waals surface area contributed by atoms with E-state index in [-0.39, 0.29) is 37.7 Å². The van der Waals surface area contributed by atoms with E-state index in [1.807, 2.05) is 53.7 Å². The Hall–Kier alpha value is -2.29. The fourth-order valence-corrected chi connectivity index (χ4v) is 5.37. The topological polar surface area (TPSA) is 86.8 Å². The third kappa shape index (κ3) is 9.17. The molecular weight excluding hydrogens is 545 g/mol.